The Kier molecular flexibility index (Phi) is 5.16. The van der Waals surface area contributed by atoms with Crippen molar-refractivity contribution in [1.29, 1.82) is 0 Å². The molecule has 0 aromatic heterocycles. The first kappa shape index (κ1) is 16.5. The highest BCUT2D eigenvalue weighted by atomic mass is 16.5. The molecule has 1 aliphatic heterocycles. The number of carbonyl (C=O) groups is 1. The molecule has 126 valence electrons. The lowest BCUT2D eigenvalue weighted by Crippen LogP contribution is -2.24. The third-order valence-electron chi connectivity index (χ3n) is 4.69. The number of esters is 1. The number of carbonyl (C=O) groups excluding carboxylic acids is 1. The number of ether oxygens (including phenoxy) is 2. The molecule has 1 fully saturated rings. The second-order valence-electron chi connectivity index (χ2n) is 6.19. The molecule has 4 nitrogen and oxygen atoms in total. The van der Waals surface area contributed by atoms with Crippen LogP contribution < -0.4 is 4.74 Å². The summed E-state index contributed by atoms with van der Waals surface area (Å²) in [5.41, 5.74) is 2.42. The van der Waals surface area contributed by atoms with Crippen molar-refractivity contribution in [2.45, 2.75) is 12.5 Å². The number of benzene rings is 2. The molecule has 24 heavy (non-hydrogen) atoms. The van der Waals surface area contributed by atoms with E-state index in [-0.39, 0.29) is 17.8 Å². The van der Waals surface area contributed by atoms with Crippen LogP contribution in [0.15, 0.2) is 54.6 Å². The third-order valence-corrected chi connectivity index (χ3v) is 4.69. The van der Waals surface area contributed by atoms with Gasteiger partial charge in [0.05, 0.1) is 20.1 Å². The highest BCUT2D eigenvalue weighted by Crippen LogP contribution is 2.35. The molecule has 0 spiro atoms. The average molecular weight is 325 g/mol. The van der Waals surface area contributed by atoms with Crippen molar-refractivity contribution >= 4 is 5.97 Å². The van der Waals surface area contributed by atoms with Crippen LogP contribution in [0.2, 0.25) is 0 Å². The number of methoxy groups -OCH3 is 2. The number of rotatable bonds is 5. The second kappa shape index (κ2) is 7.49. The van der Waals surface area contributed by atoms with Gasteiger partial charge >= 0.3 is 5.97 Å². The van der Waals surface area contributed by atoms with E-state index in [0.717, 1.165) is 30.9 Å². The minimum absolute atomic E-state index is 0.132. The number of likely N-dealkylation sites (tertiary alicyclic amines) is 1. The van der Waals surface area contributed by atoms with Crippen LogP contribution in [0.3, 0.4) is 0 Å². The van der Waals surface area contributed by atoms with E-state index in [4.69, 9.17) is 9.47 Å². The van der Waals surface area contributed by atoms with Crippen molar-refractivity contribution in [3.63, 3.8) is 0 Å². The summed E-state index contributed by atoms with van der Waals surface area (Å²) in [6, 6.07) is 18.3. The Hall–Kier alpha value is -2.33. The molecular formula is C20H23NO3. The van der Waals surface area contributed by atoms with Gasteiger partial charge in [-0.1, -0.05) is 42.5 Å². The fourth-order valence-electron chi connectivity index (χ4n) is 3.44. The van der Waals surface area contributed by atoms with E-state index >= 15 is 0 Å². The fraction of sp³-hybridized carbons (Fsp3) is 0.350. The highest BCUT2D eigenvalue weighted by molar-refractivity contribution is 5.74. The monoisotopic (exact) mass is 325 g/mol. The Morgan fingerprint density at radius 2 is 1.75 bits per heavy atom. The molecule has 1 heterocycles. The molecule has 1 aliphatic rings. The maximum Gasteiger partial charge on any atom is 0.310 e. The normalized spacial score (nSPS) is 20.8. The number of hydrogen-bond donors (Lipinski definition) is 0. The summed E-state index contributed by atoms with van der Waals surface area (Å²) in [7, 11) is 3.12. The van der Waals surface area contributed by atoms with Crippen molar-refractivity contribution in [3.05, 3.63) is 65.7 Å². The Bertz CT molecular complexity index is 669. The van der Waals surface area contributed by atoms with Crippen LogP contribution in [-0.4, -0.2) is 38.2 Å². The zero-order valence-corrected chi connectivity index (χ0v) is 14.1. The largest absolute Gasteiger partial charge is 0.497 e. The van der Waals surface area contributed by atoms with E-state index in [9.17, 15) is 4.79 Å². The van der Waals surface area contributed by atoms with E-state index in [1.807, 2.05) is 42.5 Å². The van der Waals surface area contributed by atoms with Gasteiger partial charge in [-0.2, -0.15) is 0 Å². The maximum atomic E-state index is 12.2. The summed E-state index contributed by atoms with van der Waals surface area (Å²) in [5, 5.41) is 0. The zero-order valence-electron chi connectivity index (χ0n) is 14.1. The predicted molar refractivity (Wildman–Crippen MR) is 93.0 cm³/mol. The van der Waals surface area contributed by atoms with Crippen LogP contribution in [0, 0.1) is 5.92 Å². The molecule has 2 aromatic rings. The van der Waals surface area contributed by atoms with Crippen LogP contribution in [0.25, 0.3) is 0 Å². The van der Waals surface area contributed by atoms with Crippen molar-refractivity contribution in [3.8, 4) is 5.75 Å². The first-order valence-electron chi connectivity index (χ1n) is 8.19. The summed E-state index contributed by atoms with van der Waals surface area (Å²) in [6.07, 6.45) is 0. The second-order valence-corrected chi connectivity index (χ2v) is 6.19. The Balaban J connectivity index is 1.78. The Labute approximate surface area is 143 Å². The SMILES string of the molecule is COC(=O)[C@@H]1CN(Cc2ccccc2)C[C@H]1c1ccc(OC)cc1. The molecule has 0 aliphatic carbocycles. The van der Waals surface area contributed by atoms with Gasteiger partial charge < -0.3 is 9.47 Å². The highest BCUT2D eigenvalue weighted by Gasteiger charge is 2.39. The molecule has 0 amide bonds. The lowest BCUT2D eigenvalue weighted by molar-refractivity contribution is -0.145. The van der Waals surface area contributed by atoms with Gasteiger partial charge in [0.15, 0.2) is 0 Å². The van der Waals surface area contributed by atoms with Crippen LogP contribution in [-0.2, 0) is 16.1 Å². The number of hydrogen-bond acceptors (Lipinski definition) is 4. The molecular weight excluding hydrogens is 302 g/mol. The summed E-state index contributed by atoms with van der Waals surface area (Å²) in [5.74, 6) is 0.707. The van der Waals surface area contributed by atoms with Crippen molar-refractivity contribution in [2.24, 2.45) is 5.92 Å². The molecule has 0 radical (unpaired) electrons. The molecule has 2 atom stereocenters. The molecule has 3 rings (SSSR count). The van der Waals surface area contributed by atoms with E-state index in [0.29, 0.717) is 0 Å². The lowest BCUT2D eigenvalue weighted by atomic mass is 9.89. The van der Waals surface area contributed by atoms with Crippen molar-refractivity contribution < 1.29 is 14.3 Å². The Morgan fingerprint density at radius 1 is 1.04 bits per heavy atom. The van der Waals surface area contributed by atoms with Gasteiger partial charge in [0.1, 0.15) is 5.75 Å². The molecule has 2 aromatic carbocycles. The van der Waals surface area contributed by atoms with E-state index in [1.54, 1.807) is 7.11 Å². The van der Waals surface area contributed by atoms with Gasteiger partial charge in [0.25, 0.3) is 0 Å². The van der Waals surface area contributed by atoms with Crippen molar-refractivity contribution in [1.82, 2.24) is 4.90 Å². The zero-order chi connectivity index (χ0) is 16.9. The molecule has 1 saturated heterocycles. The van der Waals surface area contributed by atoms with E-state index in [1.165, 1.54) is 12.7 Å². The first-order chi connectivity index (χ1) is 11.7. The number of nitrogens with zero attached hydrogens (tertiary/aromatic N) is 1. The summed E-state index contributed by atoms with van der Waals surface area (Å²) < 4.78 is 10.3. The minimum atomic E-state index is -0.133. The standard InChI is InChI=1S/C20H23NO3/c1-23-17-10-8-16(9-11-17)18-13-21(14-19(18)20(22)24-2)12-15-6-4-3-5-7-15/h3-11,18-19H,12-14H2,1-2H3/t18-,19+/m0/s1. The smallest absolute Gasteiger partial charge is 0.310 e. The quantitative estimate of drug-likeness (QED) is 0.792. The van der Waals surface area contributed by atoms with Crippen LogP contribution in [0.1, 0.15) is 17.0 Å². The van der Waals surface area contributed by atoms with Gasteiger partial charge in [-0.3, -0.25) is 9.69 Å². The Morgan fingerprint density at radius 3 is 2.38 bits per heavy atom. The molecule has 0 saturated carbocycles. The van der Waals surface area contributed by atoms with Crippen LogP contribution in [0.5, 0.6) is 5.75 Å². The first-order valence-corrected chi connectivity index (χ1v) is 8.19. The lowest BCUT2D eigenvalue weighted by Gasteiger charge is -2.17. The van der Waals surface area contributed by atoms with Crippen LogP contribution >= 0.6 is 0 Å². The van der Waals surface area contributed by atoms with Crippen LogP contribution in [0.4, 0.5) is 0 Å². The predicted octanol–water partition coefficient (Wildman–Crippen LogP) is 3.08. The summed E-state index contributed by atoms with van der Waals surface area (Å²) in [6.45, 7) is 2.42. The summed E-state index contributed by atoms with van der Waals surface area (Å²) >= 11 is 0. The van der Waals surface area contributed by atoms with Gasteiger partial charge in [0, 0.05) is 25.6 Å². The molecule has 0 unspecified atom stereocenters. The van der Waals surface area contributed by atoms with E-state index < -0.39 is 0 Å². The minimum Gasteiger partial charge on any atom is -0.497 e. The van der Waals surface area contributed by atoms with Gasteiger partial charge in [-0.15, -0.1) is 0 Å². The summed E-state index contributed by atoms with van der Waals surface area (Å²) in [4.78, 5) is 14.6. The van der Waals surface area contributed by atoms with Crippen molar-refractivity contribution in [2.75, 3.05) is 27.3 Å². The molecule has 0 N–H and O–H groups in total. The van der Waals surface area contributed by atoms with Gasteiger partial charge in [-0.05, 0) is 23.3 Å². The van der Waals surface area contributed by atoms with E-state index in [2.05, 4.69) is 17.0 Å². The van der Waals surface area contributed by atoms with Gasteiger partial charge in [0.2, 0.25) is 0 Å². The topological polar surface area (TPSA) is 38.8 Å². The fourth-order valence-corrected chi connectivity index (χ4v) is 3.44. The molecule has 4 heteroatoms. The van der Waals surface area contributed by atoms with Gasteiger partial charge in [-0.25, -0.2) is 0 Å². The maximum absolute atomic E-state index is 12.2. The third kappa shape index (κ3) is 3.60. The average Bonchev–Trinajstić information content (AvgIpc) is 3.05. The molecule has 0 bridgehead atoms.